The molecule has 1 unspecified atom stereocenters. The third-order valence-electron chi connectivity index (χ3n) is 7.97. The molecule has 0 heterocycles. The van der Waals surface area contributed by atoms with Gasteiger partial charge in [0.05, 0.1) is 25.3 Å². The molecule has 0 aromatic heterocycles. The van der Waals surface area contributed by atoms with Crippen molar-refractivity contribution in [3.63, 3.8) is 0 Å². The minimum absolute atomic E-state index is 0.0474. The summed E-state index contributed by atoms with van der Waals surface area (Å²) in [5.41, 5.74) is 9.78. The van der Waals surface area contributed by atoms with Crippen molar-refractivity contribution in [2.75, 3.05) is 50.2 Å². The first-order valence-corrected chi connectivity index (χ1v) is 17.3. The second-order valence-corrected chi connectivity index (χ2v) is 12.0. The van der Waals surface area contributed by atoms with Crippen LogP contribution in [0.4, 0.5) is 16.2 Å². The zero-order chi connectivity index (χ0) is 37.0. The number of primary amides is 1. The molecule has 0 saturated carbocycles. The number of allylic oxidation sites excluding steroid dienone is 1. The van der Waals surface area contributed by atoms with Crippen molar-refractivity contribution in [2.45, 2.75) is 70.6 Å². The van der Waals surface area contributed by atoms with Crippen LogP contribution in [0.25, 0.3) is 11.1 Å². The summed E-state index contributed by atoms with van der Waals surface area (Å²) in [6, 6.07) is 10.9. The van der Waals surface area contributed by atoms with Gasteiger partial charge in [0, 0.05) is 56.1 Å². The van der Waals surface area contributed by atoms with E-state index in [0.29, 0.717) is 56.0 Å². The lowest BCUT2D eigenvalue weighted by atomic mass is 9.97. The Morgan fingerprint density at radius 2 is 1.27 bits per heavy atom. The van der Waals surface area contributed by atoms with Gasteiger partial charge in [-0.2, -0.15) is 0 Å². The summed E-state index contributed by atoms with van der Waals surface area (Å²) in [4.78, 5) is 71.6. The topological polar surface area (TPSA) is 204 Å². The predicted octanol–water partition coefficient (Wildman–Crippen LogP) is 4.28. The maximum Gasteiger partial charge on any atom is 0.404 e. The van der Waals surface area contributed by atoms with E-state index in [0.717, 1.165) is 35.1 Å². The lowest BCUT2D eigenvalue weighted by Gasteiger charge is -2.15. The smallest absolute Gasteiger partial charge is 0.404 e. The normalized spacial score (nSPS) is 12.5. The molecule has 0 spiro atoms. The quantitative estimate of drug-likeness (QED) is 0.0599. The predicted molar refractivity (Wildman–Crippen MR) is 192 cm³/mol. The van der Waals surface area contributed by atoms with Crippen molar-refractivity contribution in [3.05, 3.63) is 59.9 Å². The number of nitrogens with one attached hydrogen (secondary N) is 4. The van der Waals surface area contributed by atoms with E-state index in [2.05, 4.69) is 34.8 Å². The summed E-state index contributed by atoms with van der Waals surface area (Å²) in [6.45, 7) is 7.64. The van der Waals surface area contributed by atoms with Gasteiger partial charge in [-0.1, -0.05) is 32.1 Å². The molecule has 0 radical (unpaired) electrons. The van der Waals surface area contributed by atoms with Gasteiger partial charge in [0.1, 0.15) is 19.5 Å². The summed E-state index contributed by atoms with van der Waals surface area (Å²) in [5.74, 6) is -0.939. The molecule has 1 aliphatic carbocycles. The third kappa shape index (κ3) is 14.3. The number of anilines is 2. The third-order valence-corrected chi connectivity index (χ3v) is 7.97. The summed E-state index contributed by atoms with van der Waals surface area (Å²) in [5, 5.41) is 11.2. The maximum atomic E-state index is 12.7. The number of hydrogen-bond donors (Lipinski definition) is 5. The number of carbonyl (C=O) groups is 6. The Balaban J connectivity index is 1.51. The Bertz CT molecular complexity index is 1540. The highest BCUT2D eigenvalue weighted by molar-refractivity contribution is 5.94. The molecule has 0 aliphatic heterocycles. The zero-order valence-electron chi connectivity index (χ0n) is 29.2. The Labute approximate surface area is 298 Å². The van der Waals surface area contributed by atoms with Crippen molar-refractivity contribution in [1.29, 1.82) is 0 Å². The Hall–Kier alpha value is -5.24. The van der Waals surface area contributed by atoms with Gasteiger partial charge in [-0.25, -0.2) is 4.79 Å². The number of aldehydes is 1. The van der Waals surface area contributed by atoms with Gasteiger partial charge in [0.15, 0.2) is 0 Å². The van der Waals surface area contributed by atoms with Crippen LogP contribution in [-0.2, 0) is 38.2 Å². The highest BCUT2D eigenvalue weighted by atomic mass is 16.5. The van der Waals surface area contributed by atoms with E-state index < -0.39 is 12.0 Å². The number of benzene rings is 2. The molecule has 1 aliphatic rings. The maximum absolute atomic E-state index is 12.7. The van der Waals surface area contributed by atoms with Crippen LogP contribution in [0, 0.1) is 0 Å². The molecule has 5 amide bonds. The number of rotatable bonds is 24. The number of unbranched alkanes of at least 4 members (excludes halogenated alkanes) is 1. The number of carbonyl (C=O) groups excluding carboxylic acids is 6. The second-order valence-electron chi connectivity index (χ2n) is 12.0. The van der Waals surface area contributed by atoms with Crippen LogP contribution in [0.15, 0.2) is 48.7 Å². The average Bonchev–Trinajstić information content (AvgIpc) is 3.39. The van der Waals surface area contributed by atoms with Crippen LogP contribution in [0.1, 0.15) is 81.8 Å². The van der Waals surface area contributed by atoms with E-state index in [1.807, 2.05) is 24.3 Å². The van der Waals surface area contributed by atoms with Gasteiger partial charge in [-0.3, -0.25) is 19.2 Å². The number of ether oxygens (including phenoxy) is 3. The van der Waals surface area contributed by atoms with Gasteiger partial charge in [-0.15, -0.1) is 0 Å². The Morgan fingerprint density at radius 3 is 1.78 bits per heavy atom. The van der Waals surface area contributed by atoms with Gasteiger partial charge >= 0.3 is 6.09 Å². The van der Waals surface area contributed by atoms with Gasteiger partial charge in [0.25, 0.3) is 0 Å². The first kappa shape index (κ1) is 40.2. The monoisotopic (exact) mass is 707 g/mol. The van der Waals surface area contributed by atoms with Crippen LogP contribution in [0.5, 0.6) is 0 Å². The Morgan fingerprint density at radius 1 is 0.745 bits per heavy atom. The molecule has 276 valence electrons. The molecule has 1 atom stereocenters. The van der Waals surface area contributed by atoms with Crippen LogP contribution < -0.4 is 27.0 Å². The van der Waals surface area contributed by atoms with Crippen molar-refractivity contribution in [2.24, 2.45) is 5.73 Å². The summed E-state index contributed by atoms with van der Waals surface area (Å²) in [7, 11) is 0. The minimum atomic E-state index is -0.924. The molecule has 14 nitrogen and oxygen atoms in total. The van der Waals surface area contributed by atoms with E-state index in [9.17, 15) is 28.8 Å². The summed E-state index contributed by atoms with van der Waals surface area (Å²) < 4.78 is 15.9. The second kappa shape index (κ2) is 21.8. The average molecular weight is 708 g/mol. The number of amides is 5. The van der Waals surface area contributed by atoms with Crippen LogP contribution in [0.2, 0.25) is 0 Å². The molecule has 6 N–H and O–H groups in total. The minimum Gasteiger partial charge on any atom is -0.496 e. The fourth-order valence-electron chi connectivity index (χ4n) is 5.45. The SMILES string of the molecule is C=C(CC=O)OCCNC(=O)CCCC(=O)Nc1ccc2c(c1)C(COC(N)=O)c1cc(NC(=O)CCCC(=O)NCCOCCCC)ccc1-2. The number of hydrogen-bond acceptors (Lipinski definition) is 9. The fraction of sp³-hybridized carbons (Fsp3) is 0.459. The molecular weight excluding hydrogens is 658 g/mol. The Kier molecular flexibility index (Phi) is 17.1. The zero-order valence-corrected chi connectivity index (χ0v) is 29.2. The van der Waals surface area contributed by atoms with Crippen LogP contribution in [0.3, 0.4) is 0 Å². The van der Waals surface area contributed by atoms with E-state index >= 15 is 0 Å². The van der Waals surface area contributed by atoms with Crippen molar-refractivity contribution >= 4 is 47.4 Å². The largest absolute Gasteiger partial charge is 0.496 e. The van der Waals surface area contributed by atoms with E-state index in [1.165, 1.54) is 0 Å². The molecular formula is C37H49N5O9. The highest BCUT2D eigenvalue weighted by Crippen LogP contribution is 2.46. The lowest BCUT2D eigenvalue weighted by molar-refractivity contribution is -0.122. The molecule has 3 rings (SSSR count). The summed E-state index contributed by atoms with van der Waals surface area (Å²) in [6.07, 6.45) is 3.27. The van der Waals surface area contributed by atoms with Crippen molar-refractivity contribution in [1.82, 2.24) is 10.6 Å². The molecule has 0 saturated heterocycles. The van der Waals surface area contributed by atoms with Crippen molar-refractivity contribution in [3.8, 4) is 11.1 Å². The standard InChI is InChI=1S/C37H49N5O9/c1-3-4-19-49-20-16-39-33(44)7-5-9-35(46)41-26-11-13-28-29-14-12-27(23-31(29)32(30(28)22-26)24-51-37(38)48)42-36(47)10-6-8-34(45)40-17-21-50-25(2)15-18-43/h11-14,18,22-23,32H,2-10,15-17,19-21,24H2,1H3,(H2,38,48)(H,39,44)(H,40,45)(H,41,46)(H,42,47). The molecule has 2 aromatic carbocycles. The fourth-order valence-corrected chi connectivity index (χ4v) is 5.45. The summed E-state index contributed by atoms with van der Waals surface area (Å²) >= 11 is 0. The number of nitrogens with two attached hydrogens (primary N) is 1. The van der Waals surface area contributed by atoms with Gasteiger partial charge < -0.3 is 46.0 Å². The van der Waals surface area contributed by atoms with Crippen molar-refractivity contribution < 1.29 is 43.0 Å². The lowest BCUT2D eigenvalue weighted by Crippen LogP contribution is -2.27. The van der Waals surface area contributed by atoms with Gasteiger partial charge in [0.2, 0.25) is 23.6 Å². The molecule has 14 heteroatoms. The molecule has 2 aromatic rings. The van der Waals surface area contributed by atoms with Gasteiger partial charge in [-0.05, 0) is 65.8 Å². The number of fused-ring (bicyclic) bond motifs is 3. The van der Waals surface area contributed by atoms with E-state index in [1.54, 1.807) is 12.1 Å². The van der Waals surface area contributed by atoms with E-state index in [-0.39, 0.29) is 75.5 Å². The first-order valence-electron chi connectivity index (χ1n) is 17.3. The molecule has 0 fully saturated rings. The van der Waals surface area contributed by atoms with Crippen LogP contribution >= 0.6 is 0 Å². The first-order chi connectivity index (χ1) is 24.6. The van der Waals surface area contributed by atoms with E-state index in [4.69, 9.17) is 19.9 Å². The highest BCUT2D eigenvalue weighted by Gasteiger charge is 2.30. The molecule has 0 bridgehead atoms. The molecule has 51 heavy (non-hydrogen) atoms. The van der Waals surface area contributed by atoms with Crippen LogP contribution in [-0.4, -0.2) is 75.5 Å².